The Morgan fingerprint density at radius 3 is 2.89 bits per heavy atom. The van der Waals surface area contributed by atoms with Crippen molar-refractivity contribution >= 4 is 22.5 Å². The second kappa shape index (κ2) is 4.49. The number of carbonyl (C=O) groups is 1. The van der Waals surface area contributed by atoms with E-state index in [0.717, 1.165) is 17.0 Å². The molecule has 0 spiro atoms. The van der Waals surface area contributed by atoms with Gasteiger partial charge in [0.15, 0.2) is 0 Å². The molecule has 2 N–H and O–H groups in total. The Hall–Kier alpha value is -2.76. The van der Waals surface area contributed by atoms with Crippen molar-refractivity contribution < 1.29 is 9.18 Å². The first kappa shape index (κ1) is 11.3. The topological polar surface area (TPSA) is 70.7 Å². The van der Waals surface area contributed by atoms with Crippen LogP contribution in [0.4, 0.5) is 10.1 Å². The van der Waals surface area contributed by atoms with E-state index in [0.29, 0.717) is 11.3 Å². The Bertz CT molecular complexity index is 736. The molecule has 0 atom stereocenters. The Morgan fingerprint density at radius 2 is 2.11 bits per heavy atom. The lowest BCUT2D eigenvalue weighted by atomic mass is 10.2. The minimum Gasteiger partial charge on any atom is -0.322 e. The van der Waals surface area contributed by atoms with Crippen molar-refractivity contribution in [3.05, 3.63) is 54.2 Å². The molecule has 19 heavy (non-hydrogen) atoms. The number of rotatable bonds is 2. The van der Waals surface area contributed by atoms with Gasteiger partial charge in [-0.3, -0.25) is 9.89 Å². The number of H-pyrrole nitrogens is 1. The standard InChI is InChI=1S/C13H9FN4O/c14-12-4-2-9(6-15-12)13(19)17-10-3-1-8-7-16-18-11(8)5-10/h1-7H,(H,16,18)(H,17,19). The molecule has 6 heteroatoms. The van der Waals surface area contributed by atoms with E-state index in [1.54, 1.807) is 18.3 Å². The van der Waals surface area contributed by atoms with Gasteiger partial charge in [0.1, 0.15) is 0 Å². The highest BCUT2D eigenvalue weighted by atomic mass is 19.1. The molecule has 5 nitrogen and oxygen atoms in total. The zero-order valence-electron chi connectivity index (χ0n) is 9.72. The predicted octanol–water partition coefficient (Wildman–Crippen LogP) is 2.35. The van der Waals surface area contributed by atoms with Gasteiger partial charge in [-0.1, -0.05) is 0 Å². The molecule has 0 saturated heterocycles. The van der Waals surface area contributed by atoms with Crippen LogP contribution in [-0.2, 0) is 0 Å². The number of hydrogen-bond donors (Lipinski definition) is 2. The maximum absolute atomic E-state index is 12.7. The Balaban J connectivity index is 1.83. The van der Waals surface area contributed by atoms with Gasteiger partial charge in [-0.05, 0) is 30.3 Å². The van der Waals surface area contributed by atoms with E-state index in [1.165, 1.54) is 12.3 Å². The second-order valence-electron chi connectivity index (χ2n) is 4.00. The van der Waals surface area contributed by atoms with Crippen LogP contribution in [0.3, 0.4) is 0 Å². The van der Waals surface area contributed by atoms with E-state index in [9.17, 15) is 9.18 Å². The molecule has 2 aromatic heterocycles. The van der Waals surface area contributed by atoms with Crippen LogP contribution in [0.2, 0.25) is 0 Å². The molecule has 1 aromatic carbocycles. The maximum atomic E-state index is 12.7. The maximum Gasteiger partial charge on any atom is 0.257 e. The minimum atomic E-state index is -0.615. The molecular formula is C13H9FN4O. The predicted molar refractivity (Wildman–Crippen MR) is 68.2 cm³/mol. The van der Waals surface area contributed by atoms with Gasteiger partial charge in [0.05, 0.1) is 17.3 Å². The molecule has 3 rings (SSSR count). The van der Waals surface area contributed by atoms with Gasteiger partial charge in [0, 0.05) is 17.3 Å². The van der Waals surface area contributed by atoms with Gasteiger partial charge in [0.2, 0.25) is 5.95 Å². The molecule has 94 valence electrons. The summed E-state index contributed by atoms with van der Waals surface area (Å²) in [7, 11) is 0. The molecule has 1 amide bonds. The number of amides is 1. The first-order valence-electron chi connectivity index (χ1n) is 5.58. The van der Waals surface area contributed by atoms with Gasteiger partial charge in [-0.25, -0.2) is 4.98 Å². The number of nitrogens with one attached hydrogen (secondary N) is 2. The summed E-state index contributed by atoms with van der Waals surface area (Å²) >= 11 is 0. The summed E-state index contributed by atoms with van der Waals surface area (Å²) in [5.41, 5.74) is 1.76. The molecule has 0 unspecified atom stereocenters. The third-order valence-electron chi connectivity index (χ3n) is 2.69. The van der Waals surface area contributed by atoms with Crippen LogP contribution in [0, 0.1) is 5.95 Å². The number of halogens is 1. The van der Waals surface area contributed by atoms with Crippen molar-refractivity contribution in [2.75, 3.05) is 5.32 Å². The molecule has 0 aliphatic heterocycles. The summed E-state index contributed by atoms with van der Waals surface area (Å²) in [6.45, 7) is 0. The number of aromatic amines is 1. The molecule has 3 aromatic rings. The van der Waals surface area contributed by atoms with E-state index in [2.05, 4.69) is 20.5 Å². The first-order valence-corrected chi connectivity index (χ1v) is 5.58. The number of hydrogen-bond acceptors (Lipinski definition) is 3. The van der Waals surface area contributed by atoms with Crippen molar-refractivity contribution in [3.8, 4) is 0 Å². The summed E-state index contributed by atoms with van der Waals surface area (Å²) in [5, 5.41) is 10.4. The molecule has 0 fully saturated rings. The molecule has 0 aliphatic rings. The first-order chi connectivity index (χ1) is 9.22. The molecule has 0 bridgehead atoms. The van der Waals surface area contributed by atoms with Gasteiger partial charge in [-0.2, -0.15) is 9.49 Å². The number of benzene rings is 1. The van der Waals surface area contributed by atoms with Crippen LogP contribution < -0.4 is 5.32 Å². The van der Waals surface area contributed by atoms with Crippen LogP contribution in [0.5, 0.6) is 0 Å². The third-order valence-corrected chi connectivity index (χ3v) is 2.69. The van der Waals surface area contributed by atoms with Crippen LogP contribution >= 0.6 is 0 Å². The van der Waals surface area contributed by atoms with Crippen LogP contribution in [-0.4, -0.2) is 21.1 Å². The lowest BCUT2D eigenvalue weighted by molar-refractivity contribution is 0.102. The fourth-order valence-electron chi connectivity index (χ4n) is 1.73. The zero-order valence-corrected chi connectivity index (χ0v) is 9.72. The molecule has 2 heterocycles. The van der Waals surface area contributed by atoms with Crippen LogP contribution in [0.15, 0.2) is 42.7 Å². The van der Waals surface area contributed by atoms with Crippen molar-refractivity contribution in [2.24, 2.45) is 0 Å². The van der Waals surface area contributed by atoms with Crippen molar-refractivity contribution in [3.63, 3.8) is 0 Å². The summed E-state index contributed by atoms with van der Waals surface area (Å²) in [4.78, 5) is 15.3. The van der Waals surface area contributed by atoms with Crippen LogP contribution in [0.1, 0.15) is 10.4 Å². The highest BCUT2D eigenvalue weighted by molar-refractivity contribution is 6.04. The average Bonchev–Trinajstić information content (AvgIpc) is 2.87. The lowest BCUT2D eigenvalue weighted by Gasteiger charge is -2.04. The van der Waals surface area contributed by atoms with Gasteiger partial charge < -0.3 is 5.32 Å². The van der Waals surface area contributed by atoms with E-state index in [1.807, 2.05) is 6.07 Å². The molecular weight excluding hydrogens is 247 g/mol. The Labute approximate surface area is 107 Å². The number of pyridine rings is 1. The second-order valence-corrected chi connectivity index (χ2v) is 4.00. The van der Waals surface area contributed by atoms with Crippen molar-refractivity contribution in [1.82, 2.24) is 15.2 Å². The number of fused-ring (bicyclic) bond motifs is 1. The Kier molecular flexibility index (Phi) is 2.68. The number of anilines is 1. The van der Waals surface area contributed by atoms with Crippen molar-refractivity contribution in [2.45, 2.75) is 0 Å². The minimum absolute atomic E-state index is 0.297. The van der Waals surface area contributed by atoms with E-state index < -0.39 is 5.95 Å². The van der Waals surface area contributed by atoms with E-state index >= 15 is 0 Å². The molecule has 0 aliphatic carbocycles. The normalized spacial score (nSPS) is 10.6. The summed E-state index contributed by atoms with van der Waals surface area (Å²) in [6.07, 6.45) is 2.89. The molecule has 0 saturated carbocycles. The zero-order chi connectivity index (χ0) is 13.2. The highest BCUT2D eigenvalue weighted by Gasteiger charge is 2.07. The van der Waals surface area contributed by atoms with E-state index in [-0.39, 0.29) is 5.91 Å². The van der Waals surface area contributed by atoms with Crippen LogP contribution in [0.25, 0.3) is 10.9 Å². The Morgan fingerprint density at radius 1 is 1.21 bits per heavy atom. The number of carbonyl (C=O) groups excluding carboxylic acids is 1. The highest BCUT2D eigenvalue weighted by Crippen LogP contribution is 2.17. The fraction of sp³-hybridized carbons (Fsp3) is 0. The monoisotopic (exact) mass is 256 g/mol. The van der Waals surface area contributed by atoms with E-state index in [4.69, 9.17) is 0 Å². The molecule has 0 radical (unpaired) electrons. The van der Waals surface area contributed by atoms with Gasteiger partial charge in [-0.15, -0.1) is 0 Å². The third kappa shape index (κ3) is 2.28. The fourth-order valence-corrected chi connectivity index (χ4v) is 1.73. The number of aromatic nitrogens is 3. The van der Waals surface area contributed by atoms with Crippen molar-refractivity contribution in [1.29, 1.82) is 0 Å². The lowest BCUT2D eigenvalue weighted by Crippen LogP contribution is -2.12. The summed E-state index contributed by atoms with van der Waals surface area (Å²) < 4.78 is 12.7. The SMILES string of the molecule is O=C(Nc1ccc2cn[nH]c2c1)c1ccc(F)nc1. The average molecular weight is 256 g/mol. The number of nitrogens with zero attached hydrogens (tertiary/aromatic N) is 2. The summed E-state index contributed by atoms with van der Waals surface area (Å²) in [5.74, 6) is -0.957. The van der Waals surface area contributed by atoms with Gasteiger partial charge >= 0.3 is 0 Å². The largest absolute Gasteiger partial charge is 0.322 e. The van der Waals surface area contributed by atoms with Gasteiger partial charge in [0.25, 0.3) is 5.91 Å². The summed E-state index contributed by atoms with van der Waals surface area (Å²) in [6, 6.07) is 7.92. The smallest absolute Gasteiger partial charge is 0.257 e. The quantitative estimate of drug-likeness (QED) is 0.691.